The molecule has 2 aliphatic heterocycles. The standard InChI is InChI=1S/C14H21NO4S3/c1-9(7-21-10(2)16)12(17)15-11(13(18)19)8-22-14(15)3-5-20-6-4-14/h9,11H,3-8H2,1-2H3,(H,18,19)/t9-,11+/m1/s1. The highest BCUT2D eigenvalue weighted by molar-refractivity contribution is 8.13. The van der Waals surface area contributed by atoms with Crippen LogP contribution in [0.15, 0.2) is 0 Å². The van der Waals surface area contributed by atoms with Crippen LogP contribution >= 0.6 is 35.3 Å². The predicted octanol–water partition coefficient (Wildman–Crippen LogP) is 2.15. The Balaban J connectivity index is 2.18. The van der Waals surface area contributed by atoms with Gasteiger partial charge in [0.25, 0.3) is 0 Å². The van der Waals surface area contributed by atoms with Gasteiger partial charge in [0.1, 0.15) is 6.04 Å². The van der Waals surface area contributed by atoms with Gasteiger partial charge >= 0.3 is 5.97 Å². The van der Waals surface area contributed by atoms with Crippen LogP contribution in [0.4, 0.5) is 0 Å². The van der Waals surface area contributed by atoms with E-state index in [9.17, 15) is 19.5 Å². The summed E-state index contributed by atoms with van der Waals surface area (Å²) in [7, 11) is 0. The van der Waals surface area contributed by atoms with Crippen molar-refractivity contribution in [3.63, 3.8) is 0 Å². The van der Waals surface area contributed by atoms with Crippen LogP contribution in [-0.4, -0.2) is 60.9 Å². The summed E-state index contributed by atoms with van der Waals surface area (Å²) in [6.07, 6.45) is 1.68. The Morgan fingerprint density at radius 1 is 1.36 bits per heavy atom. The Morgan fingerprint density at radius 3 is 2.55 bits per heavy atom. The van der Waals surface area contributed by atoms with E-state index in [1.54, 1.807) is 23.6 Å². The van der Waals surface area contributed by atoms with E-state index in [4.69, 9.17) is 0 Å². The van der Waals surface area contributed by atoms with Crippen molar-refractivity contribution >= 4 is 52.3 Å². The number of amides is 1. The van der Waals surface area contributed by atoms with Gasteiger partial charge in [0, 0.05) is 24.3 Å². The second-order valence-electron chi connectivity index (χ2n) is 5.64. The molecule has 0 aromatic rings. The molecular formula is C14H21NO4S3. The Labute approximate surface area is 143 Å². The molecule has 1 spiro atoms. The maximum absolute atomic E-state index is 12.9. The molecule has 2 heterocycles. The van der Waals surface area contributed by atoms with Crippen molar-refractivity contribution < 1.29 is 19.5 Å². The van der Waals surface area contributed by atoms with E-state index >= 15 is 0 Å². The zero-order valence-electron chi connectivity index (χ0n) is 12.7. The minimum atomic E-state index is -0.928. The first-order chi connectivity index (χ1) is 10.4. The number of rotatable bonds is 4. The van der Waals surface area contributed by atoms with Crippen LogP contribution in [0.1, 0.15) is 26.7 Å². The van der Waals surface area contributed by atoms with Gasteiger partial charge in [0.15, 0.2) is 5.12 Å². The Bertz CT molecular complexity index is 465. The molecule has 22 heavy (non-hydrogen) atoms. The van der Waals surface area contributed by atoms with Crippen molar-refractivity contribution in [2.75, 3.05) is 23.0 Å². The molecule has 2 fully saturated rings. The predicted molar refractivity (Wildman–Crippen MR) is 92.3 cm³/mol. The Morgan fingerprint density at radius 2 is 2.00 bits per heavy atom. The first-order valence-electron chi connectivity index (χ1n) is 7.28. The van der Waals surface area contributed by atoms with Gasteiger partial charge < -0.3 is 10.0 Å². The zero-order valence-corrected chi connectivity index (χ0v) is 15.2. The van der Waals surface area contributed by atoms with Crippen molar-refractivity contribution in [2.24, 2.45) is 5.92 Å². The van der Waals surface area contributed by atoms with E-state index in [0.29, 0.717) is 11.5 Å². The number of thioether (sulfide) groups is 3. The average molecular weight is 364 g/mol. The van der Waals surface area contributed by atoms with E-state index in [1.807, 2.05) is 11.8 Å². The van der Waals surface area contributed by atoms with Crippen LogP contribution in [0.2, 0.25) is 0 Å². The highest BCUT2D eigenvalue weighted by Crippen LogP contribution is 2.48. The maximum Gasteiger partial charge on any atom is 0.327 e. The van der Waals surface area contributed by atoms with Crippen LogP contribution in [0, 0.1) is 5.92 Å². The molecule has 1 N–H and O–H groups in total. The smallest absolute Gasteiger partial charge is 0.327 e. The number of hydrogen-bond acceptors (Lipinski definition) is 6. The van der Waals surface area contributed by atoms with Gasteiger partial charge in [0.2, 0.25) is 5.91 Å². The topological polar surface area (TPSA) is 74.7 Å². The molecule has 0 aromatic carbocycles. The van der Waals surface area contributed by atoms with Gasteiger partial charge in [-0.15, -0.1) is 11.8 Å². The highest BCUT2D eigenvalue weighted by atomic mass is 32.2. The zero-order chi connectivity index (χ0) is 16.3. The van der Waals surface area contributed by atoms with Crippen LogP contribution in [0.5, 0.6) is 0 Å². The third-order valence-corrected chi connectivity index (χ3v) is 7.70. The first kappa shape index (κ1) is 18.0. The lowest BCUT2D eigenvalue weighted by Gasteiger charge is -2.42. The summed E-state index contributed by atoms with van der Waals surface area (Å²) in [6, 6.07) is -0.745. The SMILES string of the molecule is CC(=O)SC[C@@H](C)C(=O)N1[C@H](C(=O)O)CSC12CCSCC2. The fraction of sp³-hybridized carbons (Fsp3) is 0.786. The second kappa shape index (κ2) is 7.49. The summed E-state index contributed by atoms with van der Waals surface area (Å²) in [5, 5.41) is 9.46. The number of hydrogen-bond donors (Lipinski definition) is 1. The number of carbonyl (C=O) groups is 3. The summed E-state index contributed by atoms with van der Waals surface area (Å²) in [6.45, 7) is 3.26. The molecular weight excluding hydrogens is 342 g/mol. The fourth-order valence-electron chi connectivity index (χ4n) is 2.82. The van der Waals surface area contributed by atoms with Gasteiger partial charge in [-0.1, -0.05) is 18.7 Å². The van der Waals surface area contributed by atoms with Crippen molar-refractivity contribution in [1.29, 1.82) is 0 Å². The maximum atomic E-state index is 12.9. The number of carboxylic acid groups (broad SMARTS) is 1. The number of carboxylic acids is 1. The summed E-state index contributed by atoms with van der Waals surface area (Å²) in [5.41, 5.74) is 0. The van der Waals surface area contributed by atoms with Gasteiger partial charge in [-0.05, 0) is 24.3 Å². The quantitative estimate of drug-likeness (QED) is 0.820. The molecule has 2 atom stereocenters. The summed E-state index contributed by atoms with van der Waals surface area (Å²) < 4.78 is 0. The average Bonchev–Trinajstić information content (AvgIpc) is 2.83. The van der Waals surface area contributed by atoms with Crippen molar-refractivity contribution in [2.45, 2.75) is 37.6 Å². The number of aliphatic carboxylic acids is 1. The summed E-state index contributed by atoms with van der Waals surface area (Å²) in [5.74, 6) is 1.38. The molecule has 2 rings (SSSR count). The molecule has 0 bridgehead atoms. The van der Waals surface area contributed by atoms with Crippen LogP contribution in [0.25, 0.3) is 0 Å². The van der Waals surface area contributed by atoms with Crippen molar-refractivity contribution in [3.05, 3.63) is 0 Å². The molecule has 0 unspecified atom stereocenters. The van der Waals surface area contributed by atoms with E-state index in [1.165, 1.54) is 6.92 Å². The van der Waals surface area contributed by atoms with Gasteiger partial charge in [-0.25, -0.2) is 4.79 Å². The highest BCUT2D eigenvalue weighted by Gasteiger charge is 2.53. The van der Waals surface area contributed by atoms with Crippen molar-refractivity contribution in [3.8, 4) is 0 Å². The van der Waals surface area contributed by atoms with Crippen molar-refractivity contribution in [1.82, 2.24) is 4.90 Å². The van der Waals surface area contributed by atoms with E-state index in [-0.39, 0.29) is 21.8 Å². The molecule has 8 heteroatoms. The molecule has 5 nitrogen and oxygen atoms in total. The third-order valence-electron chi connectivity index (χ3n) is 4.02. The third kappa shape index (κ3) is 3.76. The molecule has 124 valence electrons. The molecule has 1 amide bonds. The normalized spacial score (nSPS) is 25.2. The molecule has 0 aliphatic carbocycles. The van der Waals surface area contributed by atoms with Gasteiger partial charge in [-0.2, -0.15) is 11.8 Å². The van der Waals surface area contributed by atoms with E-state index in [2.05, 4.69) is 0 Å². The molecule has 2 saturated heterocycles. The minimum absolute atomic E-state index is 0.0194. The molecule has 0 saturated carbocycles. The van der Waals surface area contributed by atoms with Gasteiger partial charge in [-0.3, -0.25) is 9.59 Å². The number of nitrogens with zero attached hydrogens (tertiary/aromatic N) is 1. The summed E-state index contributed by atoms with van der Waals surface area (Å²) in [4.78, 5) is 36.8. The van der Waals surface area contributed by atoms with E-state index < -0.39 is 12.0 Å². The lowest BCUT2D eigenvalue weighted by atomic mass is 10.0. The minimum Gasteiger partial charge on any atom is -0.480 e. The van der Waals surface area contributed by atoms with Crippen LogP contribution < -0.4 is 0 Å². The lowest BCUT2D eigenvalue weighted by molar-refractivity contribution is -0.153. The molecule has 0 radical (unpaired) electrons. The lowest BCUT2D eigenvalue weighted by Crippen LogP contribution is -2.55. The molecule has 0 aromatic heterocycles. The largest absolute Gasteiger partial charge is 0.480 e. The van der Waals surface area contributed by atoms with Crippen LogP contribution in [-0.2, 0) is 14.4 Å². The monoisotopic (exact) mass is 363 g/mol. The second-order valence-corrected chi connectivity index (χ2v) is 9.44. The Kier molecular flexibility index (Phi) is 6.13. The molecule has 2 aliphatic rings. The number of carbonyl (C=O) groups excluding carboxylic acids is 2. The Hall–Kier alpha value is -0.340. The van der Waals surface area contributed by atoms with E-state index in [0.717, 1.165) is 36.1 Å². The van der Waals surface area contributed by atoms with Crippen LogP contribution in [0.3, 0.4) is 0 Å². The summed E-state index contributed by atoms with van der Waals surface area (Å²) >= 11 is 4.60. The van der Waals surface area contributed by atoms with Gasteiger partial charge in [0.05, 0.1) is 4.87 Å². The first-order valence-corrected chi connectivity index (χ1v) is 10.4. The fourth-order valence-corrected chi connectivity index (χ4v) is 6.49.